The predicted molar refractivity (Wildman–Crippen MR) is 88.8 cm³/mol. The van der Waals surface area contributed by atoms with Crippen molar-refractivity contribution in [2.24, 2.45) is 0 Å². The van der Waals surface area contributed by atoms with Crippen LogP contribution in [0.4, 0.5) is 0 Å². The smallest absolute Gasteiger partial charge is 0.268 e. The Morgan fingerprint density at radius 3 is 2.37 bits per heavy atom. The molecular weight excluding hydrogens is 375 g/mol. The molecule has 0 aliphatic rings. The van der Waals surface area contributed by atoms with Crippen LogP contribution >= 0.6 is 34.2 Å². The first-order valence-electron chi connectivity index (χ1n) is 7.07. The first-order chi connectivity index (χ1) is 9.16. The molecule has 1 rings (SSSR count). The van der Waals surface area contributed by atoms with Gasteiger partial charge in [0.1, 0.15) is 8.72 Å². The highest BCUT2D eigenvalue weighted by atomic mass is 127. The van der Waals surface area contributed by atoms with Crippen LogP contribution in [-0.4, -0.2) is 9.55 Å². The zero-order valence-corrected chi connectivity index (χ0v) is 14.4. The van der Waals surface area contributed by atoms with Crippen molar-refractivity contribution in [3.8, 4) is 0 Å². The molecule has 0 unspecified atom stereocenters. The van der Waals surface area contributed by atoms with Crippen LogP contribution in [0.2, 0.25) is 5.15 Å². The van der Waals surface area contributed by atoms with Crippen LogP contribution < -0.4 is 5.56 Å². The molecule has 0 saturated heterocycles. The van der Waals surface area contributed by atoms with Crippen LogP contribution in [0.15, 0.2) is 11.1 Å². The molecule has 0 aliphatic carbocycles. The van der Waals surface area contributed by atoms with Gasteiger partial charge < -0.3 is 0 Å². The zero-order valence-electron chi connectivity index (χ0n) is 11.5. The Balaban J connectivity index is 2.20. The summed E-state index contributed by atoms with van der Waals surface area (Å²) in [4.78, 5) is 15.9. The molecule has 0 aliphatic heterocycles. The molecule has 0 bridgehead atoms. The largest absolute Gasteiger partial charge is 0.298 e. The van der Waals surface area contributed by atoms with Crippen molar-refractivity contribution in [3.05, 3.63) is 25.4 Å². The molecule has 0 N–H and O–H groups in total. The zero-order chi connectivity index (χ0) is 14.1. The number of aryl methyl sites for hydroxylation is 1. The van der Waals surface area contributed by atoms with Gasteiger partial charge >= 0.3 is 0 Å². The van der Waals surface area contributed by atoms with Gasteiger partial charge in [0.15, 0.2) is 0 Å². The Hall–Kier alpha value is -0.100. The second kappa shape index (κ2) is 9.75. The summed E-state index contributed by atoms with van der Waals surface area (Å²) >= 11 is 7.75. The van der Waals surface area contributed by atoms with E-state index in [9.17, 15) is 4.79 Å². The summed E-state index contributed by atoms with van der Waals surface area (Å²) in [5.74, 6) is 0. The quantitative estimate of drug-likeness (QED) is 0.346. The Morgan fingerprint density at radius 2 is 1.74 bits per heavy atom. The van der Waals surface area contributed by atoms with Crippen molar-refractivity contribution in [1.29, 1.82) is 0 Å². The number of rotatable bonds is 9. The minimum Gasteiger partial charge on any atom is -0.298 e. The predicted octanol–water partition coefficient (Wildman–Crippen LogP) is 4.64. The lowest BCUT2D eigenvalue weighted by atomic mass is 10.1. The summed E-state index contributed by atoms with van der Waals surface area (Å²) < 4.78 is 2.17. The lowest BCUT2D eigenvalue weighted by molar-refractivity contribution is 0.533. The maximum absolute atomic E-state index is 11.9. The standard InChI is InChI=1S/C14H22ClIN2O/c1-2-3-4-5-6-7-8-9-10-18-11-17-13(15)12(16)14(18)19/h11H,2-10H2,1H3. The van der Waals surface area contributed by atoms with Crippen molar-refractivity contribution in [2.45, 2.75) is 64.8 Å². The van der Waals surface area contributed by atoms with Crippen LogP contribution in [0.1, 0.15) is 58.3 Å². The fourth-order valence-corrected chi connectivity index (χ4v) is 2.59. The van der Waals surface area contributed by atoms with Gasteiger partial charge in [0, 0.05) is 6.54 Å². The van der Waals surface area contributed by atoms with Gasteiger partial charge in [0.05, 0.1) is 6.33 Å². The van der Waals surface area contributed by atoms with Gasteiger partial charge in [-0.25, -0.2) is 4.98 Å². The Kier molecular flexibility index (Phi) is 8.70. The van der Waals surface area contributed by atoms with Crippen LogP contribution in [0, 0.1) is 3.57 Å². The van der Waals surface area contributed by atoms with E-state index in [4.69, 9.17) is 11.6 Å². The molecule has 1 heterocycles. The van der Waals surface area contributed by atoms with Crippen molar-refractivity contribution < 1.29 is 0 Å². The van der Waals surface area contributed by atoms with E-state index >= 15 is 0 Å². The molecular formula is C14H22ClIN2O. The van der Waals surface area contributed by atoms with E-state index in [1.54, 1.807) is 10.9 Å². The third-order valence-corrected chi connectivity index (χ3v) is 4.77. The fourth-order valence-electron chi connectivity index (χ4n) is 2.02. The van der Waals surface area contributed by atoms with Gasteiger partial charge in [-0.05, 0) is 29.0 Å². The van der Waals surface area contributed by atoms with Crippen LogP contribution in [-0.2, 0) is 6.54 Å². The molecule has 0 amide bonds. The highest BCUT2D eigenvalue weighted by Crippen LogP contribution is 2.11. The van der Waals surface area contributed by atoms with Crippen LogP contribution in [0.3, 0.4) is 0 Å². The second-order valence-corrected chi connectivity index (χ2v) is 6.26. The summed E-state index contributed by atoms with van der Waals surface area (Å²) in [5.41, 5.74) is -0.0245. The average molecular weight is 397 g/mol. The number of halogens is 2. The number of hydrogen-bond donors (Lipinski definition) is 0. The van der Waals surface area contributed by atoms with E-state index in [0.29, 0.717) is 8.72 Å². The van der Waals surface area contributed by atoms with Gasteiger partial charge in [-0.15, -0.1) is 0 Å². The monoisotopic (exact) mass is 396 g/mol. The van der Waals surface area contributed by atoms with Crippen molar-refractivity contribution >= 4 is 34.2 Å². The Labute approximate surface area is 133 Å². The second-order valence-electron chi connectivity index (χ2n) is 4.82. The van der Waals surface area contributed by atoms with E-state index in [0.717, 1.165) is 13.0 Å². The highest BCUT2D eigenvalue weighted by molar-refractivity contribution is 14.1. The summed E-state index contributed by atoms with van der Waals surface area (Å²) in [6, 6.07) is 0. The van der Waals surface area contributed by atoms with E-state index < -0.39 is 0 Å². The molecule has 1 aromatic rings. The summed E-state index contributed by atoms with van der Waals surface area (Å²) in [6.07, 6.45) is 11.7. The van der Waals surface area contributed by atoms with Crippen LogP contribution in [0.5, 0.6) is 0 Å². The number of hydrogen-bond acceptors (Lipinski definition) is 2. The summed E-state index contributed by atoms with van der Waals surface area (Å²) in [5, 5.41) is 0.303. The first kappa shape index (κ1) is 17.0. The number of unbranched alkanes of at least 4 members (excludes halogenated alkanes) is 7. The molecule has 0 saturated carbocycles. The van der Waals surface area contributed by atoms with E-state index in [2.05, 4.69) is 11.9 Å². The molecule has 0 aromatic carbocycles. The molecule has 3 nitrogen and oxygen atoms in total. The molecule has 0 spiro atoms. The minimum atomic E-state index is -0.0245. The minimum absolute atomic E-state index is 0.0245. The van der Waals surface area contributed by atoms with Crippen LogP contribution in [0.25, 0.3) is 0 Å². The number of aromatic nitrogens is 2. The normalized spacial score (nSPS) is 10.9. The van der Waals surface area contributed by atoms with E-state index in [1.165, 1.54) is 44.9 Å². The molecule has 5 heteroatoms. The van der Waals surface area contributed by atoms with E-state index in [-0.39, 0.29) is 5.56 Å². The third kappa shape index (κ3) is 6.25. The van der Waals surface area contributed by atoms with Crippen molar-refractivity contribution in [2.75, 3.05) is 0 Å². The lowest BCUT2D eigenvalue weighted by Crippen LogP contribution is -2.23. The lowest BCUT2D eigenvalue weighted by Gasteiger charge is -2.06. The van der Waals surface area contributed by atoms with Crippen molar-refractivity contribution in [3.63, 3.8) is 0 Å². The first-order valence-corrected chi connectivity index (χ1v) is 8.53. The molecule has 19 heavy (non-hydrogen) atoms. The highest BCUT2D eigenvalue weighted by Gasteiger charge is 2.06. The van der Waals surface area contributed by atoms with Gasteiger partial charge in [-0.3, -0.25) is 9.36 Å². The molecule has 0 radical (unpaired) electrons. The van der Waals surface area contributed by atoms with Gasteiger partial charge in [-0.2, -0.15) is 0 Å². The molecule has 108 valence electrons. The Morgan fingerprint density at radius 1 is 1.16 bits per heavy atom. The van der Waals surface area contributed by atoms with E-state index in [1.807, 2.05) is 22.6 Å². The molecule has 0 fully saturated rings. The van der Waals surface area contributed by atoms with Gasteiger partial charge in [0.2, 0.25) is 0 Å². The summed E-state index contributed by atoms with van der Waals surface area (Å²) in [7, 11) is 0. The number of nitrogens with zero attached hydrogens (tertiary/aromatic N) is 2. The maximum atomic E-state index is 11.9. The SMILES string of the molecule is CCCCCCCCCCn1cnc(Cl)c(I)c1=O. The molecule has 0 atom stereocenters. The fraction of sp³-hybridized carbons (Fsp3) is 0.714. The summed E-state index contributed by atoms with van der Waals surface area (Å²) in [6.45, 7) is 2.98. The maximum Gasteiger partial charge on any atom is 0.268 e. The van der Waals surface area contributed by atoms with Gasteiger partial charge in [0.25, 0.3) is 5.56 Å². The topological polar surface area (TPSA) is 34.9 Å². The Bertz CT molecular complexity index is 434. The molecule has 1 aromatic heterocycles. The average Bonchev–Trinajstić information content (AvgIpc) is 2.41. The van der Waals surface area contributed by atoms with Gasteiger partial charge in [-0.1, -0.05) is 63.5 Å². The third-order valence-electron chi connectivity index (χ3n) is 3.19. The van der Waals surface area contributed by atoms with Crippen molar-refractivity contribution in [1.82, 2.24) is 9.55 Å².